The molecular weight excluding hydrogens is 541 g/mol. The summed E-state index contributed by atoms with van der Waals surface area (Å²) in [6.07, 6.45) is -2.43. The number of carbonyl (C=O) groups is 1. The van der Waals surface area contributed by atoms with Gasteiger partial charge < -0.3 is 19.4 Å². The molecule has 40 heavy (non-hydrogen) atoms. The molecule has 0 aliphatic carbocycles. The van der Waals surface area contributed by atoms with E-state index in [4.69, 9.17) is 9.47 Å². The summed E-state index contributed by atoms with van der Waals surface area (Å²) in [6, 6.07) is 3.17. The maximum atomic E-state index is 14.4. The number of anilines is 2. The van der Waals surface area contributed by atoms with Crippen LogP contribution >= 0.6 is 0 Å². The van der Waals surface area contributed by atoms with Gasteiger partial charge in [-0.25, -0.2) is 4.98 Å². The monoisotopic (exact) mass is 565 g/mol. The zero-order valence-corrected chi connectivity index (χ0v) is 21.6. The van der Waals surface area contributed by atoms with Crippen LogP contribution in [0.1, 0.15) is 36.3 Å². The molecule has 4 aromatic rings. The minimum Gasteiger partial charge on any atom is -0.455 e. The molecule has 0 radical (unpaired) electrons. The van der Waals surface area contributed by atoms with Crippen LogP contribution < -0.4 is 10.1 Å². The number of rotatable bonds is 8. The van der Waals surface area contributed by atoms with Gasteiger partial charge >= 0.3 is 12.1 Å². The van der Waals surface area contributed by atoms with Crippen molar-refractivity contribution < 1.29 is 36.2 Å². The predicted octanol–water partition coefficient (Wildman–Crippen LogP) is 5.15. The first-order valence-corrected chi connectivity index (χ1v) is 12.2. The number of Topliss-reactive ketones (excluding diaryl/α,β-unsaturated/α-hetero) is 1. The van der Waals surface area contributed by atoms with E-state index >= 15 is 0 Å². The number of aryl methyl sites for hydroxylation is 2. The quantitative estimate of drug-likeness (QED) is 0.292. The Hall–Kier alpha value is -4.14. The second-order valence-corrected chi connectivity index (χ2v) is 9.45. The summed E-state index contributed by atoms with van der Waals surface area (Å²) in [7, 11) is 1.63. The first kappa shape index (κ1) is 27.4. The largest absolute Gasteiger partial charge is 0.459 e. The number of pyridine rings is 2. The average Bonchev–Trinajstić information content (AvgIpc) is 3.60. The normalized spacial score (nSPS) is 16.1. The first-order valence-electron chi connectivity index (χ1n) is 12.2. The van der Waals surface area contributed by atoms with Crippen molar-refractivity contribution in [2.45, 2.75) is 44.8 Å². The van der Waals surface area contributed by atoms with Crippen molar-refractivity contribution in [3.8, 4) is 11.5 Å². The van der Waals surface area contributed by atoms with Gasteiger partial charge in [-0.2, -0.15) is 32.0 Å². The molecule has 1 unspecified atom stereocenters. The lowest BCUT2D eigenvalue weighted by molar-refractivity contribution is -0.292. The number of nitrogens with zero attached hydrogens (tertiary/aromatic N) is 6. The summed E-state index contributed by atoms with van der Waals surface area (Å²) in [4.78, 5) is 24.3. The van der Waals surface area contributed by atoms with Gasteiger partial charge in [0.2, 0.25) is 5.95 Å². The lowest BCUT2D eigenvalue weighted by Crippen LogP contribution is -2.36. The van der Waals surface area contributed by atoms with Crippen LogP contribution in [-0.4, -0.2) is 54.5 Å². The van der Waals surface area contributed by atoms with E-state index in [9.17, 15) is 26.7 Å². The zero-order chi connectivity index (χ0) is 28.8. The Kier molecular flexibility index (Phi) is 6.94. The number of hydrogen-bond acceptors (Lipinski definition) is 8. The number of aromatic nitrogens is 6. The van der Waals surface area contributed by atoms with Gasteiger partial charge in [-0.3, -0.25) is 14.5 Å². The van der Waals surface area contributed by atoms with Crippen molar-refractivity contribution in [1.82, 2.24) is 29.3 Å². The number of ketones is 1. The predicted molar refractivity (Wildman–Crippen MR) is 132 cm³/mol. The molecule has 0 amide bonds. The summed E-state index contributed by atoms with van der Waals surface area (Å²) in [5, 5.41) is 6.77. The van der Waals surface area contributed by atoms with E-state index in [2.05, 4.69) is 25.4 Å². The van der Waals surface area contributed by atoms with Crippen LogP contribution in [0.3, 0.4) is 0 Å². The summed E-state index contributed by atoms with van der Waals surface area (Å²) in [5.74, 6) is -4.47. The van der Waals surface area contributed by atoms with Crippen molar-refractivity contribution in [3.63, 3.8) is 0 Å². The highest BCUT2D eigenvalue weighted by Gasteiger charge is 2.61. The van der Waals surface area contributed by atoms with Crippen LogP contribution in [0, 0.1) is 6.92 Å². The van der Waals surface area contributed by atoms with Crippen molar-refractivity contribution in [2.75, 3.05) is 18.5 Å². The molecule has 5 rings (SSSR count). The fraction of sp³-hybridized carbons (Fsp3) is 0.400. The number of halogens is 5. The molecule has 0 saturated carbocycles. The topological polar surface area (TPSA) is 109 Å². The highest BCUT2D eigenvalue weighted by atomic mass is 19.4. The van der Waals surface area contributed by atoms with Gasteiger partial charge in [0.05, 0.1) is 30.1 Å². The molecule has 1 fully saturated rings. The van der Waals surface area contributed by atoms with Gasteiger partial charge in [0, 0.05) is 44.0 Å². The summed E-state index contributed by atoms with van der Waals surface area (Å²) >= 11 is 0. The van der Waals surface area contributed by atoms with Gasteiger partial charge in [-0.05, 0) is 26.3 Å². The molecule has 4 aromatic heterocycles. The number of alkyl halides is 5. The molecule has 1 atom stereocenters. The third kappa shape index (κ3) is 5.08. The minimum absolute atomic E-state index is 0.0338. The van der Waals surface area contributed by atoms with E-state index in [1.165, 1.54) is 19.3 Å². The second kappa shape index (κ2) is 10.1. The van der Waals surface area contributed by atoms with Crippen molar-refractivity contribution in [2.24, 2.45) is 7.05 Å². The van der Waals surface area contributed by atoms with Crippen LogP contribution in [0.4, 0.5) is 33.7 Å². The maximum absolute atomic E-state index is 14.4. The van der Waals surface area contributed by atoms with Crippen molar-refractivity contribution in [1.29, 1.82) is 0 Å². The molecule has 212 valence electrons. The molecule has 0 bridgehead atoms. The van der Waals surface area contributed by atoms with Crippen molar-refractivity contribution in [3.05, 3.63) is 47.5 Å². The number of fused-ring (bicyclic) bond motifs is 1. The van der Waals surface area contributed by atoms with Crippen LogP contribution in [0.2, 0.25) is 0 Å². The molecular formula is C25H24F5N7O3. The fourth-order valence-corrected chi connectivity index (χ4v) is 4.48. The number of ether oxygens (including phenoxy) is 2. The molecule has 1 aliphatic rings. The fourth-order valence-electron chi connectivity index (χ4n) is 4.48. The number of hydrogen-bond donors (Lipinski definition) is 1. The third-order valence-corrected chi connectivity index (χ3v) is 6.46. The van der Waals surface area contributed by atoms with Gasteiger partial charge in [-0.15, -0.1) is 0 Å². The van der Waals surface area contributed by atoms with E-state index in [0.29, 0.717) is 39.0 Å². The number of carbonyl (C=O) groups excluding carboxylic acids is 1. The molecule has 15 heteroatoms. The summed E-state index contributed by atoms with van der Waals surface area (Å²) in [6.45, 7) is 3.41. The van der Waals surface area contributed by atoms with Gasteiger partial charge in [0.15, 0.2) is 17.2 Å². The Bertz CT molecular complexity index is 1580. The summed E-state index contributed by atoms with van der Waals surface area (Å²) in [5.41, 5.74) is 0.704. The molecule has 1 saturated heterocycles. The van der Waals surface area contributed by atoms with Gasteiger partial charge in [0.25, 0.3) is 0 Å². The van der Waals surface area contributed by atoms with Crippen LogP contribution in [0.15, 0.2) is 30.6 Å². The Balaban J connectivity index is 1.47. The Morgan fingerprint density at radius 1 is 1.23 bits per heavy atom. The molecule has 1 N–H and O–H groups in total. The Labute approximate surface area is 224 Å². The van der Waals surface area contributed by atoms with E-state index in [-0.39, 0.29) is 49.3 Å². The van der Waals surface area contributed by atoms with E-state index < -0.39 is 23.8 Å². The lowest BCUT2D eigenvalue weighted by Gasteiger charge is -2.22. The van der Waals surface area contributed by atoms with Crippen LogP contribution in [0.25, 0.3) is 11.2 Å². The second-order valence-electron chi connectivity index (χ2n) is 9.45. The standard InChI is InChI=1S/C25H24F5N7O3/c1-13(38)8-15-9-17(4-6-31-15)40-18-11-32-22-21(14(18)2)36(3)23(34-22)33-20-10-19(24(26,27)25(28,29)30)37(35-20)16-5-7-39-12-16/h4,6,9-11,16H,5,7-8,12H2,1-3H3,(H,32,33,34,35). The lowest BCUT2D eigenvalue weighted by atomic mass is 10.2. The summed E-state index contributed by atoms with van der Waals surface area (Å²) < 4.78 is 82.0. The number of imidazole rings is 1. The average molecular weight is 566 g/mol. The van der Waals surface area contributed by atoms with E-state index in [1.807, 2.05) is 0 Å². The SMILES string of the molecule is CC(=O)Cc1cc(Oc2cnc3nc(Nc4cc(C(F)(F)C(F)(F)F)n(C5CCOC5)n4)n(C)c3c2C)ccn1. The zero-order valence-electron chi connectivity index (χ0n) is 21.6. The molecule has 0 aromatic carbocycles. The molecule has 5 heterocycles. The van der Waals surface area contributed by atoms with E-state index in [0.717, 1.165) is 0 Å². The van der Waals surface area contributed by atoms with Gasteiger partial charge in [0.1, 0.15) is 17.2 Å². The highest BCUT2D eigenvalue weighted by Crippen LogP contribution is 2.45. The first-order chi connectivity index (χ1) is 18.8. The van der Waals surface area contributed by atoms with Crippen molar-refractivity contribution >= 4 is 28.7 Å². The molecule has 10 nitrogen and oxygen atoms in total. The Morgan fingerprint density at radius 3 is 2.67 bits per heavy atom. The number of nitrogens with one attached hydrogen (secondary N) is 1. The van der Waals surface area contributed by atoms with Crippen LogP contribution in [-0.2, 0) is 28.9 Å². The third-order valence-electron chi connectivity index (χ3n) is 6.46. The maximum Gasteiger partial charge on any atom is 0.459 e. The molecule has 0 spiro atoms. The Morgan fingerprint density at radius 2 is 2.00 bits per heavy atom. The molecule has 1 aliphatic heterocycles. The highest BCUT2D eigenvalue weighted by molar-refractivity contribution is 5.81. The smallest absolute Gasteiger partial charge is 0.455 e. The van der Waals surface area contributed by atoms with Gasteiger partial charge in [-0.1, -0.05) is 0 Å². The van der Waals surface area contributed by atoms with E-state index in [1.54, 1.807) is 30.7 Å². The van der Waals surface area contributed by atoms with Crippen LogP contribution in [0.5, 0.6) is 11.5 Å². The minimum atomic E-state index is -5.81.